The number of halogens is 2. The zero-order chi connectivity index (χ0) is 20.7. The van der Waals surface area contributed by atoms with Gasteiger partial charge in [0.15, 0.2) is 5.82 Å². The van der Waals surface area contributed by atoms with E-state index in [0.29, 0.717) is 11.4 Å². The van der Waals surface area contributed by atoms with E-state index in [1.54, 1.807) is 50.6 Å². The number of rotatable bonds is 4. The molecule has 9 heteroatoms. The number of hydrogen-bond donors (Lipinski definition) is 0. The molecule has 0 amide bonds. The Hall–Kier alpha value is -2.45. The second-order valence-electron chi connectivity index (χ2n) is 7.30. The van der Waals surface area contributed by atoms with E-state index in [2.05, 4.69) is 10.2 Å². The monoisotopic (exact) mass is 422 g/mol. The summed E-state index contributed by atoms with van der Waals surface area (Å²) >= 11 is 6.00. The summed E-state index contributed by atoms with van der Waals surface area (Å²) < 4.78 is 44.3. The van der Waals surface area contributed by atoms with Crippen LogP contribution in [0.5, 0.6) is 0 Å². The number of hydrogen-bond acceptors (Lipinski definition) is 4. The van der Waals surface area contributed by atoms with Crippen molar-refractivity contribution in [2.45, 2.75) is 31.2 Å². The molecule has 0 aliphatic carbocycles. The van der Waals surface area contributed by atoms with Gasteiger partial charge in [0.1, 0.15) is 12.1 Å². The van der Waals surface area contributed by atoms with Gasteiger partial charge in [-0.25, -0.2) is 12.8 Å². The number of benzene rings is 2. The minimum atomic E-state index is -4.00. The zero-order valence-electron chi connectivity index (χ0n) is 15.9. The van der Waals surface area contributed by atoms with E-state index < -0.39 is 21.4 Å². The highest BCUT2D eigenvalue weighted by Crippen LogP contribution is 2.40. The molecule has 0 radical (unpaired) electrons. The van der Waals surface area contributed by atoms with E-state index in [1.807, 2.05) is 0 Å². The van der Waals surface area contributed by atoms with Crippen molar-refractivity contribution in [2.24, 2.45) is 7.05 Å². The van der Waals surface area contributed by atoms with Crippen LogP contribution in [-0.2, 0) is 17.1 Å². The van der Waals surface area contributed by atoms with Crippen molar-refractivity contribution < 1.29 is 12.8 Å². The molecular weight excluding hydrogens is 403 g/mol. The van der Waals surface area contributed by atoms with Crippen LogP contribution in [0.25, 0.3) is 11.4 Å². The summed E-state index contributed by atoms with van der Waals surface area (Å²) in [4.78, 5) is 0.101. The maximum absolute atomic E-state index is 14.4. The lowest BCUT2D eigenvalue weighted by Crippen LogP contribution is -2.46. The molecule has 0 unspecified atom stereocenters. The lowest BCUT2D eigenvalue weighted by Gasteiger charge is -2.37. The minimum absolute atomic E-state index is 0.101. The van der Waals surface area contributed by atoms with Gasteiger partial charge in [-0.3, -0.25) is 4.31 Å². The molecule has 0 spiro atoms. The van der Waals surface area contributed by atoms with Crippen LogP contribution in [0, 0.1) is 5.82 Å². The molecule has 0 N–H and O–H groups in total. The first kappa shape index (κ1) is 20.3. The summed E-state index contributed by atoms with van der Waals surface area (Å²) in [6.07, 6.45) is 1.48. The van der Waals surface area contributed by atoms with Crippen LogP contribution in [0.15, 0.2) is 53.7 Å². The van der Waals surface area contributed by atoms with Gasteiger partial charge in [0.05, 0.1) is 15.6 Å². The number of aryl methyl sites for hydroxylation is 1. The summed E-state index contributed by atoms with van der Waals surface area (Å²) in [5, 5.41) is 7.76. The minimum Gasteiger partial charge on any atom is -0.317 e. The third kappa shape index (κ3) is 3.62. The van der Waals surface area contributed by atoms with Gasteiger partial charge < -0.3 is 4.57 Å². The zero-order valence-corrected chi connectivity index (χ0v) is 17.5. The summed E-state index contributed by atoms with van der Waals surface area (Å²) in [5.41, 5.74) is -0.405. The van der Waals surface area contributed by atoms with Crippen LogP contribution in [-0.4, -0.2) is 28.7 Å². The fraction of sp³-hybridized carbons (Fsp3) is 0.263. The van der Waals surface area contributed by atoms with Crippen molar-refractivity contribution >= 4 is 27.3 Å². The van der Waals surface area contributed by atoms with Crippen molar-refractivity contribution in [1.29, 1.82) is 0 Å². The first-order valence-electron chi connectivity index (χ1n) is 8.47. The Kier molecular flexibility index (Phi) is 5.20. The fourth-order valence-corrected chi connectivity index (χ4v) is 4.97. The molecule has 0 aliphatic rings. The van der Waals surface area contributed by atoms with E-state index in [4.69, 9.17) is 11.6 Å². The highest BCUT2D eigenvalue weighted by molar-refractivity contribution is 7.93. The summed E-state index contributed by atoms with van der Waals surface area (Å²) in [7, 11) is -2.29. The van der Waals surface area contributed by atoms with Gasteiger partial charge in [0.2, 0.25) is 0 Å². The van der Waals surface area contributed by atoms with Gasteiger partial charge in [-0.05, 0) is 39.0 Å². The van der Waals surface area contributed by atoms with E-state index in [1.165, 1.54) is 28.8 Å². The van der Waals surface area contributed by atoms with Gasteiger partial charge in [-0.2, -0.15) is 0 Å². The normalized spacial score (nSPS) is 12.2. The van der Waals surface area contributed by atoms with Gasteiger partial charge in [-0.15, -0.1) is 10.2 Å². The van der Waals surface area contributed by atoms with Crippen LogP contribution in [0.2, 0.25) is 5.02 Å². The molecule has 148 valence electrons. The molecule has 0 saturated heterocycles. The third-order valence-electron chi connectivity index (χ3n) is 4.10. The standard InChI is InChI=1S/C19H20ClFN4O2S/c1-19(2,3)25(28(26,27)13-8-6-5-7-9-13)17-11-16(21)15(20)10-14(17)18-23-22-12-24(18)4/h5-12H,1-4H3. The molecule has 28 heavy (non-hydrogen) atoms. The smallest absolute Gasteiger partial charge is 0.264 e. The molecule has 3 rings (SSSR count). The molecule has 2 aromatic carbocycles. The quantitative estimate of drug-likeness (QED) is 0.629. The Morgan fingerprint density at radius 2 is 1.79 bits per heavy atom. The van der Waals surface area contributed by atoms with Crippen molar-refractivity contribution in [3.63, 3.8) is 0 Å². The van der Waals surface area contributed by atoms with Crippen molar-refractivity contribution in [2.75, 3.05) is 4.31 Å². The Labute approximate surface area is 168 Å². The number of anilines is 1. The SMILES string of the molecule is Cn1cnnc1-c1cc(Cl)c(F)cc1N(C(C)(C)C)S(=O)(=O)c1ccccc1. The Morgan fingerprint density at radius 3 is 2.32 bits per heavy atom. The first-order chi connectivity index (χ1) is 13.0. The van der Waals surface area contributed by atoms with E-state index in [-0.39, 0.29) is 15.6 Å². The number of aromatic nitrogens is 3. The summed E-state index contributed by atoms with van der Waals surface area (Å²) in [6, 6.07) is 10.5. The van der Waals surface area contributed by atoms with Gasteiger partial charge >= 0.3 is 0 Å². The molecule has 0 aliphatic heterocycles. The Balaban J connectivity index is 2.34. The molecule has 1 aromatic heterocycles. The highest BCUT2D eigenvalue weighted by Gasteiger charge is 2.37. The molecule has 0 fully saturated rings. The van der Waals surface area contributed by atoms with Gasteiger partial charge in [-0.1, -0.05) is 29.8 Å². The van der Waals surface area contributed by atoms with Crippen LogP contribution in [0.1, 0.15) is 20.8 Å². The Morgan fingerprint density at radius 1 is 1.14 bits per heavy atom. The maximum atomic E-state index is 14.4. The van der Waals surface area contributed by atoms with Crippen molar-refractivity contribution in [3.05, 3.63) is 59.6 Å². The lowest BCUT2D eigenvalue weighted by molar-refractivity contribution is 0.534. The van der Waals surface area contributed by atoms with E-state index in [9.17, 15) is 12.8 Å². The lowest BCUT2D eigenvalue weighted by atomic mass is 10.1. The predicted molar refractivity (Wildman–Crippen MR) is 107 cm³/mol. The van der Waals surface area contributed by atoms with Crippen molar-refractivity contribution in [3.8, 4) is 11.4 Å². The largest absolute Gasteiger partial charge is 0.317 e. The molecule has 0 atom stereocenters. The molecule has 0 saturated carbocycles. The average molecular weight is 423 g/mol. The van der Waals surface area contributed by atoms with Crippen molar-refractivity contribution in [1.82, 2.24) is 14.8 Å². The van der Waals surface area contributed by atoms with E-state index in [0.717, 1.165) is 6.07 Å². The third-order valence-corrected chi connectivity index (χ3v) is 6.48. The van der Waals surface area contributed by atoms with Crippen LogP contribution in [0.4, 0.5) is 10.1 Å². The number of sulfonamides is 1. The average Bonchev–Trinajstić information content (AvgIpc) is 3.03. The Bertz CT molecular complexity index is 1110. The van der Waals surface area contributed by atoms with Crippen LogP contribution >= 0.6 is 11.6 Å². The van der Waals surface area contributed by atoms with Crippen LogP contribution in [0.3, 0.4) is 0 Å². The van der Waals surface area contributed by atoms with Gasteiger partial charge in [0.25, 0.3) is 10.0 Å². The summed E-state index contributed by atoms with van der Waals surface area (Å²) in [5.74, 6) is -0.352. The molecule has 6 nitrogen and oxygen atoms in total. The molecule has 3 aromatic rings. The maximum Gasteiger partial charge on any atom is 0.264 e. The second kappa shape index (κ2) is 7.18. The molecular formula is C19H20ClFN4O2S. The second-order valence-corrected chi connectivity index (χ2v) is 9.50. The van der Waals surface area contributed by atoms with Crippen LogP contribution < -0.4 is 4.31 Å². The summed E-state index contributed by atoms with van der Waals surface area (Å²) in [6.45, 7) is 5.21. The molecule has 1 heterocycles. The van der Waals surface area contributed by atoms with Gasteiger partial charge in [0, 0.05) is 24.2 Å². The molecule has 0 bridgehead atoms. The highest BCUT2D eigenvalue weighted by atomic mass is 35.5. The van der Waals surface area contributed by atoms with E-state index >= 15 is 0 Å². The first-order valence-corrected chi connectivity index (χ1v) is 10.3. The predicted octanol–water partition coefficient (Wildman–Crippen LogP) is 4.27. The fourth-order valence-electron chi connectivity index (χ4n) is 2.96. The number of nitrogens with zero attached hydrogens (tertiary/aromatic N) is 4. The topological polar surface area (TPSA) is 68.1 Å².